The summed E-state index contributed by atoms with van der Waals surface area (Å²) in [6.07, 6.45) is 0.0349. The van der Waals surface area contributed by atoms with Gasteiger partial charge in [0.05, 0.1) is 6.04 Å². The molecule has 0 aliphatic heterocycles. The number of benzene rings is 1. The van der Waals surface area contributed by atoms with Gasteiger partial charge in [-0.05, 0) is 31.2 Å². The van der Waals surface area contributed by atoms with Crippen molar-refractivity contribution in [2.75, 3.05) is 12.3 Å². The first kappa shape index (κ1) is 32.2. The van der Waals surface area contributed by atoms with E-state index in [0.29, 0.717) is 0 Å². The average Bonchev–Trinajstić information content (AvgIpc) is 2.86. The van der Waals surface area contributed by atoms with E-state index in [9.17, 15) is 29.1 Å². The lowest BCUT2D eigenvalue weighted by Gasteiger charge is -2.24. The molecule has 38 heavy (non-hydrogen) atoms. The highest BCUT2D eigenvalue weighted by atomic mass is 32.1. The number of primary amides is 1. The summed E-state index contributed by atoms with van der Waals surface area (Å²) in [5.41, 5.74) is 22.5. The van der Waals surface area contributed by atoms with Crippen LogP contribution in [-0.2, 0) is 30.4 Å². The van der Waals surface area contributed by atoms with E-state index in [1.54, 1.807) is 0 Å². The van der Waals surface area contributed by atoms with Crippen LogP contribution in [0.5, 0.6) is 0 Å². The topological polar surface area (TPSA) is 258 Å². The summed E-state index contributed by atoms with van der Waals surface area (Å²) < 4.78 is 0. The highest BCUT2D eigenvalue weighted by Gasteiger charge is 2.30. The molecule has 4 atom stereocenters. The number of carbonyl (C=O) groups excluding carboxylic acids is 4. The number of aliphatic carboxylic acids is 1. The van der Waals surface area contributed by atoms with Crippen molar-refractivity contribution in [3.63, 3.8) is 0 Å². The van der Waals surface area contributed by atoms with E-state index >= 15 is 0 Å². The van der Waals surface area contributed by atoms with Crippen LogP contribution in [0.1, 0.15) is 31.2 Å². The summed E-state index contributed by atoms with van der Waals surface area (Å²) in [5, 5.41) is 16.7. The number of nitrogens with zero attached hydrogens (tertiary/aromatic N) is 1. The van der Waals surface area contributed by atoms with Crippen LogP contribution in [0.2, 0.25) is 0 Å². The van der Waals surface area contributed by atoms with Crippen molar-refractivity contribution in [3.8, 4) is 0 Å². The molecule has 0 saturated heterocycles. The quantitative estimate of drug-likeness (QED) is 0.0422. The molecule has 0 aromatic heterocycles. The zero-order chi connectivity index (χ0) is 28.7. The Bertz CT molecular complexity index is 989. The van der Waals surface area contributed by atoms with E-state index < -0.39 is 53.8 Å². The number of hydrogen-bond acceptors (Lipinski definition) is 8. The summed E-state index contributed by atoms with van der Waals surface area (Å²) in [6, 6.07) is 4.39. The molecule has 0 spiro atoms. The van der Waals surface area contributed by atoms with E-state index in [2.05, 4.69) is 33.6 Å². The molecule has 0 radical (unpaired) electrons. The highest BCUT2D eigenvalue weighted by molar-refractivity contribution is 7.80. The molecular weight excluding hydrogens is 516 g/mol. The minimum Gasteiger partial charge on any atom is -0.480 e. The third-order valence-corrected chi connectivity index (χ3v) is 5.69. The Balaban J connectivity index is 2.90. The van der Waals surface area contributed by atoms with E-state index in [-0.39, 0.29) is 50.4 Å². The monoisotopic (exact) mass is 552 g/mol. The van der Waals surface area contributed by atoms with Gasteiger partial charge in [-0.3, -0.25) is 24.2 Å². The number of thiol groups is 1. The van der Waals surface area contributed by atoms with Gasteiger partial charge in [0.2, 0.25) is 23.6 Å². The second-order valence-corrected chi connectivity index (χ2v) is 8.82. The minimum atomic E-state index is -1.41. The fourth-order valence-electron chi connectivity index (χ4n) is 3.29. The fraction of sp³-hybridized carbons (Fsp3) is 0.478. The number of nitrogens with two attached hydrogens (primary N) is 4. The van der Waals surface area contributed by atoms with Crippen LogP contribution in [0.3, 0.4) is 0 Å². The Hall–Kier alpha value is -3.85. The number of carboxylic acid groups (broad SMARTS) is 1. The summed E-state index contributed by atoms with van der Waals surface area (Å²) in [6.45, 7) is 0.146. The Labute approximate surface area is 225 Å². The van der Waals surface area contributed by atoms with Crippen LogP contribution in [0, 0.1) is 0 Å². The van der Waals surface area contributed by atoms with Gasteiger partial charge < -0.3 is 44.0 Å². The van der Waals surface area contributed by atoms with Crippen molar-refractivity contribution >= 4 is 48.2 Å². The van der Waals surface area contributed by atoms with Gasteiger partial charge in [0.1, 0.15) is 18.1 Å². The summed E-state index contributed by atoms with van der Waals surface area (Å²) in [4.78, 5) is 64.8. The number of amides is 4. The Morgan fingerprint density at radius 2 is 1.45 bits per heavy atom. The van der Waals surface area contributed by atoms with Crippen molar-refractivity contribution < 1.29 is 29.1 Å². The zero-order valence-corrected chi connectivity index (χ0v) is 21.7. The molecule has 0 saturated carbocycles. The van der Waals surface area contributed by atoms with Crippen LogP contribution in [0.25, 0.3) is 0 Å². The van der Waals surface area contributed by atoms with E-state index in [4.69, 9.17) is 22.9 Å². The van der Waals surface area contributed by atoms with Crippen molar-refractivity contribution in [2.45, 2.75) is 56.3 Å². The molecule has 15 heteroatoms. The number of guanidine groups is 1. The first-order valence-corrected chi connectivity index (χ1v) is 12.5. The molecule has 0 bridgehead atoms. The van der Waals surface area contributed by atoms with Crippen LogP contribution < -0.4 is 38.9 Å². The van der Waals surface area contributed by atoms with Gasteiger partial charge in [0.25, 0.3) is 0 Å². The van der Waals surface area contributed by atoms with Gasteiger partial charge in [-0.25, -0.2) is 4.79 Å². The van der Waals surface area contributed by atoms with Crippen LogP contribution >= 0.6 is 12.6 Å². The molecule has 4 amide bonds. The number of rotatable bonds is 17. The van der Waals surface area contributed by atoms with E-state index in [0.717, 1.165) is 5.56 Å². The standard InChI is InChI=1S/C23H36N8O6S/c24-14(11-13-5-2-1-3-6-13)19(33)31-17(12-38)21(35)29-15(7-4-10-28-23(26)27)20(34)30-16(22(36)37)8-9-18(25)32/h1-3,5-6,14-17,38H,4,7-12,24H2,(H2,25,32)(H,29,35)(H,30,34)(H,31,33)(H,36,37)(H4,26,27,28). The SMILES string of the molecule is NC(=O)CCC(NC(=O)C(CCCN=C(N)N)NC(=O)C(CS)NC(=O)C(N)Cc1ccccc1)C(=O)O. The average molecular weight is 553 g/mol. The second kappa shape index (κ2) is 16.8. The summed E-state index contributed by atoms with van der Waals surface area (Å²) >= 11 is 4.12. The third-order valence-electron chi connectivity index (χ3n) is 5.32. The molecule has 0 aliphatic rings. The predicted octanol–water partition coefficient (Wildman–Crippen LogP) is -2.66. The van der Waals surface area contributed by atoms with Crippen LogP contribution in [-0.4, -0.2) is 77.1 Å². The lowest BCUT2D eigenvalue weighted by molar-refractivity contribution is -0.142. The lowest BCUT2D eigenvalue weighted by atomic mass is 10.1. The van der Waals surface area contributed by atoms with E-state index in [1.807, 2.05) is 30.3 Å². The molecular formula is C23H36N8O6S. The largest absolute Gasteiger partial charge is 0.480 e. The van der Waals surface area contributed by atoms with Crippen LogP contribution in [0.4, 0.5) is 0 Å². The van der Waals surface area contributed by atoms with Crippen molar-refractivity contribution in [1.29, 1.82) is 0 Å². The van der Waals surface area contributed by atoms with Crippen LogP contribution in [0.15, 0.2) is 35.3 Å². The van der Waals surface area contributed by atoms with Gasteiger partial charge >= 0.3 is 5.97 Å². The van der Waals surface area contributed by atoms with Gasteiger partial charge in [0.15, 0.2) is 5.96 Å². The Morgan fingerprint density at radius 1 is 0.868 bits per heavy atom. The number of carbonyl (C=O) groups is 5. The Morgan fingerprint density at radius 3 is 2.00 bits per heavy atom. The molecule has 1 aromatic carbocycles. The first-order valence-electron chi connectivity index (χ1n) is 11.8. The second-order valence-electron chi connectivity index (χ2n) is 8.45. The first-order chi connectivity index (χ1) is 17.9. The van der Waals surface area contributed by atoms with Gasteiger partial charge in [0, 0.05) is 18.7 Å². The maximum absolute atomic E-state index is 12.9. The normalized spacial score (nSPS) is 13.7. The molecule has 0 fully saturated rings. The zero-order valence-electron chi connectivity index (χ0n) is 20.8. The summed E-state index contributed by atoms with van der Waals surface area (Å²) in [7, 11) is 0. The molecule has 1 aromatic rings. The molecule has 0 aliphatic carbocycles. The molecule has 12 N–H and O–H groups in total. The molecule has 0 heterocycles. The number of hydrogen-bond donors (Lipinski definition) is 9. The van der Waals surface area contributed by atoms with Gasteiger partial charge in [-0.15, -0.1) is 0 Å². The molecule has 210 valence electrons. The predicted molar refractivity (Wildman–Crippen MR) is 144 cm³/mol. The number of carboxylic acids is 1. The fourth-order valence-corrected chi connectivity index (χ4v) is 3.55. The van der Waals surface area contributed by atoms with Crippen molar-refractivity contribution in [1.82, 2.24) is 16.0 Å². The van der Waals surface area contributed by atoms with E-state index in [1.165, 1.54) is 0 Å². The lowest BCUT2D eigenvalue weighted by Crippen LogP contribution is -2.57. The number of nitrogens with one attached hydrogen (secondary N) is 3. The molecule has 1 rings (SSSR count). The smallest absolute Gasteiger partial charge is 0.326 e. The maximum atomic E-state index is 12.9. The molecule has 14 nitrogen and oxygen atoms in total. The Kier molecular flexibility index (Phi) is 14.2. The third kappa shape index (κ3) is 12.4. The maximum Gasteiger partial charge on any atom is 0.326 e. The minimum absolute atomic E-state index is 0.0390. The highest BCUT2D eigenvalue weighted by Crippen LogP contribution is 2.05. The summed E-state index contributed by atoms with van der Waals surface area (Å²) in [5.74, 6) is -4.50. The van der Waals surface area contributed by atoms with Crippen molar-refractivity contribution in [3.05, 3.63) is 35.9 Å². The number of aliphatic imine (C=N–C) groups is 1. The van der Waals surface area contributed by atoms with Gasteiger partial charge in [-0.1, -0.05) is 30.3 Å². The van der Waals surface area contributed by atoms with Gasteiger partial charge in [-0.2, -0.15) is 12.6 Å². The molecule has 4 unspecified atom stereocenters. The van der Waals surface area contributed by atoms with Crippen molar-refractivity contribution in [2.24, 2.45) is 27.9 Å².